The van der Waals surface area contributed by atoms with E-state index >= 15 is 0 Å². The zero-order valence-electron chi connectivity index (χ0n) is 12.3. The number of rotatable bonds is 4. The first kappa shape index (κ1) is 13.6. The third-order valence-corrected chi connectivity index (χ3v) is 3.98. The number of nitrogens with zero attached hydrogens (tertiary/aromatic N) is 4. The molecule has 4 rings (SSSR count). The maximum atomic E-state index is 12.7. The smallest absolute Gasteiger partial charge is 0.346 e. The molecule has 0 unspecified atom stereocenters. The van der Waals surface area contributed by atoms with E-state index in [4.69, 9.17) is 4.42 Å². The highest BCUT2D eigenvalue weighted by Crippen LogP contribution is 2.36. The van der Waals surface area contributed by atoms with Crippen LogP contribution in [0, 0.1) is 11.3 Å². The summed E-state index contributed by atoms with van der Waals surface area (Å²) in [5.74, 6) is 1.14. The van der Waals surface area contributed by atoms with Crippen molar-refractivity contribution in [1.82, 2.24) is 14.3 Å². The molecule has 1 aromatic carbocycles. The van der Waals surface area contributed by atoms with E-state index < -0.39 is 0 Å². The molecule has 3 aromatic rings. The second-order valence-electron chi connectivity index (χ2n) is 5.61. The quantitative estimate of drug-likeness (QED) is 0.742. The van der Waals surface area contributed by atoms with Gasteiger partial charge in [-0.2, -0.15) is 5.26 Å². The summed E-state index contributed by atoms with van der Waals surface area (Å²) in [6.07, 6.45) is 3.53. The van der Waals surface area contributed by atoms with Gasteiger partial charge in [-0.1, -0.05) is 18.2 Å². The Labute approximate surface area is 132 Å². The monoisotopic (exact) mass is 306 g/mol. The Morgan fingerprint density at radius 2 is 2.09 bits per heavy atom. The van der Waals surface area contributed by atoms with Gasteiger partial charge in [0.05, 0.1) is 24.4 Å². The first-order valence-electron chi connectivity index (χ1n) is 7.49. The van der Waals surface area contributed by atoms with Crippen LogP contribution in [0.4, 0.5) is 0 Å². The van der Waals surface area contributed by atoms with E-state index in [0.29, 0.717) is 17.1 Å². The van der Waals surface area contributed by atoms with Gasteiger partial charge in [0.15, 0.2) is 5.76 Å². The zero-order chi connectivity index (χ0) is 15.8. The van der Waals surface area contributed by atoms with Gasteiger partial charge in [-0.05, 0) is 36.6 Å². The molecule has 23 heavy (non-hydrogen) atoms. The maximum Gasteiger partial charge on any atom is 0.346 e. The molecule has 0 amide bonds. The van der Waals surface area contributed by atoms with Crippen molar-refractivity contribution in [2.75, 3.05) is 0 Å². The van der Waals surface area contributed by atoms with E-state index in [1.165, 1.54) is 4.68 Å². The Hall–Kier alpha value is -3.07. The molecule has 0 bridgehead atoms. The third-order valence-electron chi connectivity index (χ3n) is 3.98. The number of nitriles is 1. The Morgan fingerprint density at radius 1 is 1.26 bits per heavy atom. The van der Waals surface area contributed by atoms with Gasteiger partial charge in [0.25, 0.3) is 0 Å². The standard InChI is InChI=1S/C17H14N4O2/c18-10-12-4-1-2-5-13(12)11-20-17(22)21(14-7-8-14)16(19-20)15-6-3-9-23-15/h1-6,9,14H,7-8,11H2. The molecule has 2 aromatic heterocycles. The number of aromatic nitrogens is 3. The summed E-state index contributed by atoms with van der Waals surface area (Å²) in [6, 6.07) is 13.2. The molecule has 1 aliphatic rings. The van der Waals surface area contributed by atoms with Gasteiger partial charge < -0.3 is 4.42 Å². The molecule has 0 aliphatic heterocycles. The van der Waals surface area contributed by atoms with Crippen LogP contribution in [0.2, 0.25) is 0 Å². The van der Waals surface area contributed by atoms with Gasteiger partial charge in [-0.3, -0.25) is 4.57 Å². The lowest BCUT2D eigenvalue weighted by Gasteiger charge is -2.02. The number of hydrogen-bond acceptors (Lipinski definition) is 4. The van der Waals surface area contributed by atoms with E-state index in [-0.39, 0.29) is 18.3 Å². The lowest BCUT2D eigenvalue weighted by Crippen LogP contribution is -2.25. The lowest BCUT2D eigenvalue weighted by atomic mass is 10.1. The summed E-state index contributed by atoms with van der Waals surface area (Å²) in [5.41, 5.74) is 1.18. The molecule has 0 saturated heterocycles. The molecule has 0 radical (unpaired) electrons. The first-order chi connectivity index (χ1) is 11.3. The lowest BCUT2D eigenvalue weighted by molar-refractivity contribution is 0.568. The Balaban J connectivity index is 1.80. The highest BCUT2D eigenvalue weighted by molar-refractivity contribution is 5.47. The average molecular weight is 306 g/mol. The van der Waals surface area contributed by atoms with Crippen LogP contribution in [0.1, 0.15) is 30.0 Å². The van der Waals surface area contributed by atoms with Gasteiger partial charge in [-0.25, -0.2) is 9.48 Å². The van der Waals surface area contributed by atoms with Gasteiger partial charge in [0.2, 0.25) is 5.82 Å². The van der Waals surface area contributed by atoms with Crippen LogP contribution in [0.5, 0.6) is 0 Å². The molecule has 1 saturated carbocycles. The summed E-state index contributed by atoms with van der Waals surface area (Å²) >= 11 is 0. The fourth-order valence-corrected chi connectivity index (χ4v) is 2.69. The average Bonchev–Trinajstić information content (AvgIpc) is 3.15. The normalized spacial score (nSPS) is 13.9. The highest BCUT2D eigenvalue weighted by Gasteiger charge is 2.31. The van der Waals surface area contributed by atoms with Crippen molar-refractivity contribution in [3.63, 3.8) is 0 Å². The van der Waals surface area contributed by atoms with Crippen molar-refractivity contribution < 1.29 is 4.42 Å². The maximum absolute atomic E-state index is 12.7. The van der Waals surface area contributed by atoms with Crippen molar-refractivity contribution in [2.24, 2.45) is 0 Å². The van der Waals surface area contributed by atoms with Crippen molar-refractivity contribution in [1.29, 1.82) is 5.26 Å². The molecule has 1 fully saturated rings. The van der Waals surface area contributed by atoms with Crippen LogP contribution in [0.3, 0.4) is 0 Å². The summed E-state index contributed by atoms with van der Waals surface area (Å²) in [6.45, 7) is 0.274. The Morgan fingerprint density at radius 3 is 2.78 bits per heavy atom. The summed E-state index contributed by atoms with van der Waals surface area (Å²) < 4.78 is 8.52. The van der Waals surface area contributed by atoms with E-state index in [1.807, 2.05) is 18.2 Å². The third kappa shape index (κ3) is 2.36. The van der Waals surface area contributed by atoms with Crippen LogP contribution in [-0.2, 0) is 6.54 Å². The molecule has 6 heteroatoms. The summed E-state index contributed by atoms with van der Waals surface area (Å²) in [5, 5.41) is 13.6. The number of hydrogen-bond donors (Lipinski definition) is 0. The predicted molar refractivity (Wildman–Crippen MR) is 82.7 cm³/mol. The van der Waals surface area contributed by atoms with Crippen molar-refractivity contribution >= 4 is 0 Å². The minimum Gasteiger partial charge on any atom is -0.461 e. The van der Waals surface area contributed by atoms with Crippen LogP contribution in [-0.4, -0.2) is 14.3 Å². The fourth-order valence-electron chi connectivity index (χ4n) is 2.69. The molecule has 0 atom stereocenters. The van der Waals surface area contributed by atoms with E-state index in [2.05, 4.69) is 11.2 Å². The van der Waals surface area contributed by atoms with Crippen LogP contribution >= 0.6 is 0 Å². The summed E-state index contributed by atoms with van der Waals surface area (Å²) in [7, 11) is 0. The molecule has 0 N–H and O–H groups in total. The van der Waals surface area contributed by atoms with E-state index in [0.717, 1.165) is 18.4 Å². The first-order valence-corrected chi connectivity index (χ1v) is 7.49. The second kappa shape index (κ2) is 5.29. The zero-order valence-corrected chi connectivity index (χ0v) is 12.3. The molecule has 1 aliphatic carbocycles. The van der Waals surface area contributed by atoms with Crippen LogP contribution < -0.4 is 5.69 Å². The van der Waals surface area contributed by atoms with Crippen molar-refractivity contribution in [3.05, 3.63) is 64.3 Å². The number of furan rings is 1. The highest BCUT2D eigenvalue weighted by atomic mass is 16.3. The Bertz CT molecular complexity index is 940. The predicted octanol–water partition coefficient (Wildman–Crippen LogP) is 2.56. The molecule has 2 heterocycles. The van der Waals surface area contributed by atoms with Gasteiger partial charge in [-0.15, -0.1) is 5.10 Å². The molecule has 6 nitrogen and oxygen atoms in total. The largest absolute Gasteiger partial charge is 0.461 e. The SMILES string of the molecule is N#Cc1ccccc1Cn1nc(-c2ccco2)n(C2CC2)c1=O. The minimum atomic E-state index is -0.161. The summed E-state index contributed by atoms with van der Waals surface area (Å²) in [4.78, 5) is 12.7. The van der Waals surface area contributed by atoms with Gasteiger partial charge in [0.1, 0.15) is 0 Å². The van der Waals surface area contributed by atoms with E-state index in [9.17, 15) is 10.1 Å². The molecular formula is C17H14N4O2. The van der Waals surface area contributed by atoms with Crippen LogP contribution in [0.25, 0.3) is 11.6 Å². The van der Waals surface area contributed by atoms with Gasteiger partial charge >= 0.3 is 5.69 Å². The molecule has 0 spiro atoms. The second-order valence-corrected chi connectivity index (χ2v) is 5.61. The Kier molecular flexibility index (Phi) is 3.12. The minimum absolute atomic E-state index is 0.161. The molecule has 114 valence electrons. The fraction of sp³-hybridized carbons (Fsp3) is 0.235. The van der Waals surface area contributed by atoms with Crippen molar-refractivity contribution in [3.8, 4) is 17.7 Å². The topological polar surface area (TPSA) is 76.8 Å². The van der Waals surface area contributed by atoms with Crippen molar-refractivity contribution in [2.45, 2.75) is 25.4 Å². The van der Waals surface area contributed by atoms with Gasteiger partial charge in [0, 0.05) is 6.04 Å². The molecular weight excluding hydrogens is 292 g/mol. The number of benzene rings is 1. The van der Waals surface area contributed by atoms with E-state index in [1.54, 1.807) is 29.0 Å². The van der Waals surface area contributed by atoms with Crippen LogP contribution in [0.15, 0.2) is 51.9 Å².